The first-order valence-corrected chi connectivity index (χ1v) is 7.92. The minimum absolute atomic E-state index is 0.0407. The predicted octanol–water partition coefficient (Wildman–Crippen LogP) is 0.784. The molecule has 1 saturated heterocycles. The number of aromatic amines is 1. The van der Waals surface area contributed by atoms with Gasteiger partial charge in [-0.05, 0) is 6.42 Å². The number of amides is 1. The van der Waals surface area contributed by atoms with Crippen LogP contribution in [-0.4, -0.2) is 61.4 Å². The second-order valence-electron chi connectivity index (χ2n) is 5.93. The van der Waals surface area contributed by atoms with Crippen LogP contribution in [0.4, 0.5) is 0 Å². The molecule has 1 amide bonds. The summed E-state index contributed by atoms with van der Waals surface area (Å²) in [6, 6.07) is 0. The van der Waals surface area contributed by atoms with Crippen LogP contribution in [0.1, 0.15) is 16.2 Å². The van der Waals surface area contributed by atoms with E-state index in [1.54, 1.807) is 18.6 Å². The molecular weight excluding hydrogens is 308 g/mol. The number of rotatable bonds is 3. The highest BCUT2D eigenvalue weighted by atomic mass is 16.5. The number of ether oxygens (including phenoxy) is 1. The Hall–Kier alpha value is -2.74. The quantitative estimate of drug-likeness (QED) is 0.768. The van der Waals surface area contributed by atoms with Gasteiger partial charge in [0.2, 0.25) is 0 Å². The lowest BCUT2D eigenvalue weighted by Crippen LogP contribution is -2.36. The van der Waals surface area contributed by atoms with Crippen molar-refractivity contribution in [3.63, 3.8) is 0 Å². The number of hydrogen-bond donors (Lipinski definition) is 1. The highest BCUT2D eigenvalue weighted by Gasteiger charge is 2.24. The van der Waals surface area contributed by atoms with E-state index in [4.69, 9.17) is 4.74 Å². The van der Waals surface area contributed by atoms with Crippen LogP contribution in [0.15, 0.2) is 37.3 Å². The maximum atomic E-state index is 12.5. The average molecular weight is 326 g/mol. The van der Waals surface area contributed by atoms with Crippen LogP contribution in [0.2, 0.25) is 0 Å². The standard InChI is InChI=1S/C16H18N6O2/c23-16(14-6-17-11-20-14)22-3-4-24-10-12(8-22)5-13-9-21-2-1-18-15(21)7-19-13/h1-2,6-7,9,11-12H,3-5,8,10H2,(H,17,20)/t12-/m1/s1. The van der Waals surface area contributed by atoms with Crippen LogP contribution in [-0.2, 0) is 11.2 Å². The molecule has 1 atom stereocenters. The van der Waals surface area contributed by atoms with Gasteiger partial charge >= 0.3 is 0 Å². The summed E-state index contributed by atoms with van der Waals surface area (Å²) in [5.74, 6) is 0.161. The van der Waals surface area contributed by atoms with Gasteiger partial charge < -0.3 is 19.0 Å². The van der Waals surface area contributed by atoms with Crippen molar-refractivity contribution >= 4 is 11.6 Å². The smallest absolute Gasteiger partial charge is 0.272 e. The zero-order chi connectivity index (χ0) is 16.4. The van der Waals surface area contributed by atoms with Gasteiger partial charge in [0.15, 0.2) is 5.65 Å². The molecule has 0 saturated carbocycles. The van der Waals surface area contributed by atoms with Gasteiger partial charge in [0, 0.05) is 37.6 Å². The molecule has 0 unspecified atom stereocenters. The lowest BCUT2D eigenvalue weighted by atomic mass is 10.0. The minimum Gasteiger partial charge on any atom is -0.379 e. The lowest BCUT2D eigenvalue weighted by Gasteiger charge is -2.22. The maximum absolute atomic E-state index is 12.5. The molecule has 0 radical (unpaired) electrons. The van der Waals surface area contributed by atoms with Gasteiger partial charge in [-0.25, -0.2) is 9.97 Å². The molecule has 3 aromatic heterocycles. The molecule has 124 valence electrons. The fraction of sp³-hybridized carbons (Fsp3) is 0.375. The fourth-order valence-corrected chi connectivity index (χ4v) is 3.00. The first-order valence-electron chi connectivity index (χ1n) is 7.92. The molecule has 4 rings (SSSR count). The lowest BCUT2D eigenvalue weighted by molar-refractivity contribution is 0.0732. The summed E-state index contributed by atoms with van der Waals surface area (Å²) in [7, 11) is 0. The number of carbonyl (C=O) groups excluding carboxylic acids is 1. The number of carbonyl (C=O) groups is 1. The van der Waals surface area contributed by atoms with Gasteiger partial charge in [-0.2, -0.15) is 0 Å². The molecule has 3 aromatic rings. The van der Waals surface area contributed by atoms with Crippen LogP contribution < -0.4 is 0 Å². The molecule has 4 heterocycles. The predicted molar refractivity (Wildman–Crippen MR) is 85.5 cm³/mol. The van der Waals surface area contributed by atoms with E-state index in [0.717, 1.165) is 17.8 Å². The van der Waals surface area contributed by atoms with Crippen LogP contribution in [0, 0.1) is 5.92 Å². The molecule has 0 aromatic carbocycles. The van der Waals surface area contributed by atoms with E-state index >= 15 is 0 Å². The van der Waals surface area contributed by atoms with Crippen LogP contribution in [0.5, 0.6) is 0 Å². The van der Waals surface area contributed by atoms with E-state index in [1.165, 1.54) is 6.33 Å². The Morgan fingerprint density at radius 2 is 2.33 bits per heavy atom. The third kappa shape index (κ3) is 3.00. The summed E-state index contributed by atoms with van der Waals surface area (Å²) in [4.78, 5) is 29.8. The van der Waals surface area contributed by atoms with Gasteiger partial charge in [-0.15, -0.1) is 0 Å². The fourth-order valence-electron chi connectivity index (χ4n) is 3.00. The third-order valence-electron chi connectivity index (χ3n) is 4.18. The number of nitrogens with zero attached hydrogens (tertiary/aromatic N) is 5. The number of H-pyrrole nitrogens is 1. The van der Waals surface area contributed by atoms with Crippen molar-refractivity contribution in [2.45, 2.75) is 6.42 Å². The monoisotopic (exact) mass is 326 g/mol. The first kappa shape index (κ1) is 14.8. The Morgan fingerprint density at radius 3 is 3.21 bits per heavy atom. The van der Waals surface area contributed by atoms with Gasteiger partial charge in [-0.3, -0.25) is 9.78 Å². The van der Waals surface area contributed by atoms with Gasteiger partial charge in [0.1, 0.15) is 5.69 Å². The van der Waals surface area contributed by atoms with E-state index in [2.05, 4.69) is 19.9 Å². The first-order chi connectivity index (χ1) is 11.8. The Kier molecular flexibility index (Phi) is 3.96. The second kappa shape index (κ2) is 6.40. The number of nitrogens with one attached hydrogen (secondary N) is 1. The zero-order valence-electron chi connectivity index (χ0n) is 13.1. The maximum Gasteiger partial charge on any atom is 0.272 e. The minimum atomic E-state index is -0.0407. The highest BCUT2D eigenvalue weighted by Crippen LogP contribution is 2.15. The Balaban J connectivity index is 1.48. The molecule has 8 nitrogen and oxygen atoms in total. The molecule has 0 spiro atoms. The second-order valence-corrected chi connectivity index (χ2v) is 5.93. The van der Waals surface area contributed by atoms with E-state index in [-0.39, 0.29) is 11.8 Å². The topological polar surface area (TPSA) is 88.4 Å². The molecule has 1 fully saturated rings. The van der Waals surface area contributed by atoms with Gasteiger partial charge in [0.25, 0.3) is 5.91 Å². The highest BCUT2D eigenvalue weighted by molar-refractivity contribution is 5.92. The SMILES string of the molecule is O=C(c1cnc[nH]1)N1CCOC[C@H](Cc2cn3ccnc3cn2)C1. The average Bonchev–Trinajstić information content (AvgIpc) is 3.23. The van der Waals surface area contributed by atoms with E-state index in [9.17, 15) is 4.79 Å². The zero-order valence-corrected chi connectivity index (χ0v) is 13.1. The van der Waals surface area contributed by atoms with Crippen LogP contribution >= 0.6 is 0 Å². The van der Waals surface area contributed by atoms with Crippen molar-refractivity contribution in [1.29, 1.82) is 0 Å². The van der Waals surface area contributed by atoms with Crippen molar-refractivity contribution < 1.29 is 9.53 Å². The number of fused-ring (bicyclic) bond motifs is 1. The molecule has 8 heteroatoms. The van der Waals surface area contributed by atoms with Gasteiger partial charge in [0.05, 0.1) is 37.6 Å². The molecule has 0 aliphatic carbocycles. The summed E-state index contributed by atoms with van der Waals surface area (Å²) >= 11 is 0. The summed E-state index contributed by atoms with van der Waals surface area (Å²) in [5.41, 5.74) is 2.30. The summed E-state index contributed by atoms with van der Waals surface area (Å²) in [5, 5.41) is 0. The number of hydrogen-bond acceptors (Lipinski definition) is 5. The number of aromatic nitrogens is 5. The van der Waals surface area contributed by atoms with Crippen molar-refractivity contribution in [2.24, 2.45) is 5.92 Å². The van der Waals surface area contributed by atoms with Crippen molar-refractivity contribution in [3.8, 4) is 0 Å². The summed E-state index contributed by atoms with van der Waals surface area (Å²) in [6.45, 7) is 2.39. The molecule has 1 N–H and O–H groups in total. The van der Waals surface area contributed by atoms with Crippen molar-refractivity contribution in [1.82, 2.24) is 29.2 Å². The van der Waals surface area contributed by atoms with Crippen molar-refractivity contribution in [3.05, 3.63) is 48.7 Å². The van der Waals surface area contributed by atoms with E-state index in [0.29, 0.717) is 32.0 Å². The third-order valence-corrected chi connectivity index (χ3v) is 4.18. The molecule has 24 heavy (non-hydrogen) atoms. The van der Waals surface area contributed by atoms with Crippen LogP contribution in [0.3, 0.4) is 0 Å². The molecule has 0 bridgehead atoms. The summed E-state index contributed by atoms with van der Waals surface area (Å²) in [6.07, 6.45) is 11.2. The van der Waals surface area contributed by atoms with E-state index < -0.39 is 0 Å². The van der Waals surface area contributed by atoms with Crippen molar-refractivity contribution in [2.75, 3.05) is 26.3 Å². The molecule has 1 aliphatic rings. The van der Waals surface area contributed by atoms with Crippen LogP contribution in [0.25, 0.3) is 5.65 Å². The van der Waals surface area contributed by atoms with E-state index in [1.807, 2.05) is 21.7 Å². The van der Waals surface area contributed by atoms with Gasteiger partial charge in [-0.1, -0.05) is 0 Å². The Morgan fingerprint density at radius 1 is 1.38 bits per heavy atom. The normalized spacial score (nSPS) is 18.7. The molecular formula is C16H18N6O2. The summed E-state index contributed by atoms with van der Waals surface area (Å²) < 4.78 is 7.63. The molecule has 1 aliphatic heterocycles. The largest absolute Gasteiger partial charge is 0.379 e. The Bertz CT molecular complexity index is 828. The Labute approximate surface area is 138 Å². The number of imidazole rings is 2.